The third-order valence-corrected chi connectivity index (χ3v) is 5.64. The quantitative estimate of drug-likeness (QED) is 0.599. The summed E-state index contributed by atoms with van der Waals surface area (Å²) in [6.07, 6.45) is 1.88. The predicted octanol–water partition coefficient (Wildman–Crippen LogP) is 4.03. The van der Waals surface area contributed by atoms with Gasteiger partial charge in [0.2, 0.25) is 0 Å². The van der Waals surface area contributed by atoms with E-state index in [0.29, 0.717) is 35.2 Å². The maximum atomic E-state index is 14.4. The Morgan fingerprint density at radius 2 is 1.94 bits per heavy atom. The highest BCUT2D eigenvalue weighted by molar-refractivity contribution is 6.32. The summed E-state index contributed by atoms with van der Waals surface area (Å²) in [5, 5.41) is 14.4. The Morgan fingerprint density at radius 3 is 2.63 bits per heavy atom. The van der Waals surface area contributed by atoms with E-state index in [9.17, 15) is 23.6 Å². The van der Waals surface area contributed by atoms with Crippen LogP contribution in [0.5, 0.6) is 11.5 Å². The molecule has 2 bridgehead atoms. The minimum atomic E-state index is -1.27. The van der Waals surface area contributed by atoms with Crippen molar-refractivity contribution in [2.24, 2.45) is 0 Å². The van der Waals surface area contributed by atoms with E-state index in [0.717, 1.165) is 6.07 Å². The van der Waals surface area contributed by atoms with Gasteiger partial charge in [0.05, 0.1) is 16.7 Å². The summed E-state index contributed by atoms with van der Waals surface area (Å²) in [4.78, 5) is 25.5. The topological polar surface area (TPSA) is 110 Å². The van der Waals surface area contributed by atoms with Crippen LogP contribution >= 0.6 is 11.6 Å². The molecule has 1 aliphatic carbocycles. The number of fused-ring (bicyclic) bond motifs is 9. The number of carbonyl (C=O) groups is 2. The van der Waals surface area contributed by atoms with Gasteiger partial charge in [-0.3, -0.25) is 4.79 Å². The fraction of sp³-hybridized carbons (Fsp3) is 0.292. The molecule has 3 aliphatic rings. The van der Waals surface area contributed by atoms with Gasteiger partial charge in [0.25, 0.3) is 5.91 Å². The first-order valence-corrected chi connectivity index (χ1v) is 11.1. The molecule has 2 aromatic rings. The van der Waals surface area contributed by atoms with Crippen molar-refractivity contribution < 1.29 is 32.6 Å². The van der Waals surface area contributed by atoms with E-state index >= 15 is 0 Å². The second-order valence-electron chi connectivity index (χ2n) is 8.01. The van der Waals surface area contributed by atoms with Gasteiger partial charge >= 0.3 is 6.09 Å². The maximum absolute atomic E-state index is 14.4. The van der Waals surface area contributed by atoms with Crippen molar-refractivity contribution in [3.8, 4) is 17.6 Å². The molecule has 2 heterocycles. The van der Waals surface area contributed by atoms with Gasteiger partial charge in [0.15, 0.2) is 17.8 Å². The van der Waals surface area contributed by atoms with E-state index in [-0.39, 0.29) is 19.6 Å². The van der Waals surface area contributed by atoms with Crippen LogP contribution in [0.2, 0.25) is 5.02 Å². The van der Waals surface area contributed by atoms with E-state index in [1.807, 2.05) is 6.07 Å². The molecule has 2 aromatic carbocycles. The van der Waals surface area contributed by atoms with Crippen LogP contribution < -0.4 is 20.1 Å². The number of nitrogens with one attached hydrogen (secondary N) is 2. The number of carbonyl (C=O) groups excluding carboxylic acids is 2. The lowest BCUT2D eigenvalue weighted by Gasteiger charge is -2.22. The number of rotatable bonds is 2. The van der Waals surface area contributed by atoms with E-state index in [4.69, 9.17) is 25.8 Å². The molecule has 2 aliphatic heterocycles. The lowest BCUT2D eigenvalue weighted by atomic mass is 10.1. The first-order chi connectivity index (χ1) is 16.8. The average Bonchev–Trinajstić information content (AvgIpc) is 3.57. The minimum Gasteiger partial charge on any atom is -0.488 e. The highest BCUT2D eigenvalue weighted by Crippen LogP contribution is 2.34. The van der Waals surface area contributed by atoms with E-state index in [1.165, 1.54) is 6.08 Å². The summed E-state index contributed by atoms with van der Waals surface area (Å²) in [5.41, 5.74) is -0.842. The molecule has 1 atom stereocenters. The zero-order chi connectivity index (χ0) is 25.0. The number of nitrogens with zero attached hydrogens (tertiary/aromatic N) is 1. The number of hydrogen-bond acceptors (Lipinski definition) is 6. The molecule has 0 unspecified atom stereocenters. The van der Waals surface area contributed by atoms with Crippen molar-refractivity contribution in [2.75, 3.05) is 13.2 Å². The predicted molar refractivity (Wildman–Crippen MR) is 120 cm³/mol. The van der Waals surface area contributed by atoms with E-state index in [1.54, 1.807) is 24.3 Å². The maximum Gasteiger partial charge on any atom is 0.410 e. The smallest absolute Gasteiger partial charge is 0.410 e. The fourth-order valence-corrected chi connectivity index (χ4v) is 3.63. The SMILES string of the molecule is N#CC1(NC(=O)O[C@H]2Cc3ccc(c(Cl)c3)OC/C=C/COc3c(F)cc(F)cc3C(=O)N2)CC1. The van der Waals surface area contributed by atoms with E-state index in [2.05, 4.69) is 10.6 Å². The zero-order valence-corrected chi connectivity index (χ0v) is 19.0. The van der Waals surface area contributed by atoms with Crippen LogP contribution in [-0.2, 0) is 11.2 Å². The monoisotopic (exact) mass is 503 g/mol. The van der Waals surface area contributed by atoms with Crippen molar-refractivity contribution >= 4 is 23.6 Å². The zero-order valence-electron chi connectivity index (χ0n) is 18.3. The van der Waals surface area contributed by atoms with Crippen LogP contribution in [0.3, 0.4) is 0 Å². The molecule has 182 valence electrons. The Labute approximate surface area is 204 Å². The van der Waals surface area contributed by atoms with Gasteiger partial charge in [-0.05, 0) is 48.8 Å². The Kier molecular flexibility index (Phi) is 7.07. The Balaban J connectivity index is 1.65. The van der Waals surface area contributed by atoms with Crippen LogP contribution in [0.4, 0.5) is 13.6 Å². The van der Waals surface area contributed by atoms with Crippen molar-refractivity contribution in [2.45, 2.75) is 31.0 Å². The number of benzene rings is 2. The third-order valence-electron chi connectivity index (χ3n) is 5.34. The Morgan fingerprint density at radius 1 is 1.20 bits per heavy atom. The molecule has 11 heteroatoms. The molecule has 0 aromatic heterocycles. The molecule has 2 amide bonds. The molecule has 1 fully saturated rings. The third kappa shape index (κ3) is 6.00. The van der Waals surface area contributed by atoms with Gasteiger partial charge in [-0.2, -0.15) is 5.26 Å². The van der Waals surface area contributed by atoms with Gasteiger partial charge in [0.1, 0.15) is 30.3 Å². The average molecular weight is 504 g/mol. The van der Waals surface area contributed by atoms with Gasteiger partial charge in [-0.15, -0.1) is 0 Å². The number of halogens is 3. The second kappa shape index (κ2) is 10.2. The number of hydrogen-bond donors (Lipinski definition) is 2. The fourth-order valence-electron chi connectivity index (χ4n) is 3.37. The lowest BCUT2D eigenvalue weighted by Crippen LogP contribution is -2.45. The standard InChI is InChI=1S/C24H20ClF2N3O5/c25-17-9-14-3-4-19(17)33-7-1-2-8-34-21-16(11-15(26)12-18(21)27)22(31)29-20(10-14)35-23(32)30-24(13-28)5-6-24/h1-4,9,11-12,20H,5-8,10H2,(H,29,31)(H,30,32)/b2-1+/t20-/m0/s1. The van der Waals surface area contributed by atoms with Crippen molar-refractivity contribution in [1.29, 1.82) is 5.26 Å². The van der Waals surface area contributed by atoms with E-state index < -0.39 is 46.7 Å². The van der Waals surface area contributed by atoms with Crippen LogP contribution in [-0.4, -0.2) is 37.0 Å². The van der Waals surface area contributed by atoms with Crippen LogP contribution in [0, 0.1) is 23.0 Å². The van der Waals surface area contributed by atoms with Crippen molar-refractivity contribution in [3.63, 3.8) is 0 Å². The summed E-state index contributed by atoms with van der Waals surface area (Å²) < 4.78 is 44.7. The second-order valence-corrected chi connectivity index (χ2v) is 8.42. The van der Waals surface area contributed by atoms with Crippen LogP contribution in [0.15, 0.2) is 42.5 Å². The van der Waals surface area contributed by atoms with Gasteiger partial charge in [-0.25, -0.2) is 13.6 Å². The van der Waals surface area contributed by atoms with Gasteiger partial charge in [0, 0.05) is 12.5 Å². The highest BCUT2D eigenvalue weighted by Gasteiger charge is 2.45. The van der Waals surface area contributed by atoms with Crippen LogP contribution in [0.1, 0.15) is 28.8 Å². The first-order valence-electron chi connectivity index (χ1n) is 10.7. The number of nitriles is 1. The summed E-state index contributed by atoms with van der Waals surface area (Å²) in [7, 11) is 0. The largest absolute Gasteiger partial charge is 0.488 e. The molecule has 0 spiro atoms. The summed E-state index contributed by atoms with van der Waals surface area (Å²) in [6.45, 7) is 0.0195. The molecular weight excluding hydrogens is 484 g/mol. The number of alkyl carbamates (subject to hydrolysis) is 1. The van der Waals surface area contributed by atoms with Crippen molar-refractivity contribution in [1.82, 2.24) is 10.6 Å². The minimum absolute atomic E-state index is 0.0351. The normalized spacial score (nSPS) is 19.7. The molecule has 35 heavy (non-hydrogen) atoms. The molecule has 5 rings (SSSR count). The molecule has 0 radical (unpaired) electrons. The number of amides is 2. The van der Waals surface area contributed by atoms with Crippen LogP contribution in [0.25, 0.3) is 0 Å². The highest BCUT2D eigenvalue weighted by atomic mass is 35.5. The van der Waals surface area contributed by atoms with Gasteiger partial charge in [-0.1, -0.05) is 17.7 Å². The molecule has 1 saturated carbocycles. The number of ether oxygens (including phenoxy) is 3. The van der Waals surface area contributed by atoms with Crippen molar-refractivity contribution in [3.05, 3.63) is 70.3 Å². The Hall–Kier alpha value is -3.84. The molecule has 8 nitrogen and oxygen atoms in total. The molecular formula is C24H20ClF2N3O5. The molecule has 0 saturated heterocycles. The summed E-state index contributed by atoms with van der Waals surface area (Å²) >= 11 is 6.29. The van der Waals surface area contributed by atoms with Gasteiger partial charge < -0.3 is 24.8 Å². The lowest BCUT2D eigenvalue weighted by molar-refractivity contribution is 0.0621. The Bertz CT molecular complexity index is 1230. The summed E-state index contributed by atoms with van der Waals surface area (Å²) in [6, 6.07) is 8.30. The first kappa shape index (κ1) is 24.3. The molecule has 2 N–H and O–H groups in total. The summed E-state index contributed by atoms with van der Waals surface area (Å²) in [5.74, 6) is -3.04.